The lowest BCUT2D eigenvalue weighted by Crippen LogP contribution is -2.21. The average Bonchev–Trinajstić information content (AvgIpc) is 2.46. The minimum atomic E-state index is -0.587. The number of amides is 1. The molecule has 0 heterocycles. The number of halogens is 1. The molecule has 5 nitrogen and oxygen atoms in total. The summed E-state index contributed by atoms with van der Waals surface area (Å²) in [5.41, 5.74) is 1.23. The lowest BCUT2D eigenvalue weighted by molar-refractivity contribution is -0.385. The number of carbonyl (C=O) groups is 1. The van der Waals surface area contributed by atoms with Crippen molar-refractivity contribution in [3.63, 3.8) is 0 Å². The van der Waals surface area contributed by atoms with E-state index in [1.165, 1.54) is 29.2 Å². The molecule has 0 radical (unpaired) electrons. The van der Waals surface area contributed by atoms with Crippen LogP contribution in [0.4, 0.5) is 10.1 Å². The summed E-state index contributed by atoms with van der Waals surface area (Å²) in [5.74, 6) is -0.891. The normalized spacial score (nSPS) is 10.4. The molecule has 0 saturated heterocycles. The average molecular weight is 302 g/mol. The number of nitro benzene ring substituents is 1. The van der Waals surface area contributed by atoms with Gasteiger partial charge in [0.15, 0.2) is 0 Å². The first kappa shape index (κ1) is 15.6. The van der Waals surface area contributed by atoms with Crippen molar-refractivity contribution in [2.24, 2.45) is 0 Å². The Morgan fingerprint density at radius 3 is 2.41 bits per heavy atom. The molecule has 2 rings (SSSR count). The fourth-order valence-corrected chi connectivity index (χ4v) is 2.24. The smallest absolute Gasteiger partial charge is 0.272 e. The molecule has 0 saturated carbocycles. The predicted octanol–water partition coefficient (Wildman–Crippen LogP) is 3.41. The van der Waals surface area contributed by atoms with Gasteiger partial charge in [-0.3, -0.25) is 14.9 Å². The van der Waals surface area contributed by atoms with Gasteiger partial charge in [-0.05, 0) is 24.6 Å². The highest BCUT2D eigenvalue weighted by Crippen LogP contribution is 2.31. The van der Waals surface area contributed by atoms with Gasteiger partial charge in [0.1, 0.15) is 5.82 Å². The van der Waals surface area contributed by atoms with Crippen LogP contribution in [0, 0.1) is 22.9 Å². The molecule has 22 heavy (non-hydrogen) atoms. The van der Waals surface area contributed by atoms with Crippen LogP contribution in [-0.4, -0.2) is 29.8 Å². The second-order valence-corrected chi connectivity index (χ2v) is 5.10. The van der Waals surface area contributed by atoms with Crippen molar-refractivity contribution in [2.45, 2.75) is 6.92 Å². The van der Waals surface area contributed by atoms with E-state index in [4.69, 9.17) is 0 Å². The quantitative estimate of drug-likeness (QED) is 0.644. The standard InChI is InChI=1S/C16H15FN2O3/c1-10-12(5-4-6-15(10)19(21)22)13-8-7-11(9-14(13)17)16(20)18(2)3/h4-9H,1-3H3. The van der Waals surface area contributed by atoms with Gasteiger partial charge in [0.25, 0.3) is 11.6 Å². The zero-order chi connectivity index (χ0) is 16.4. The first-order valence-electron chi connectivity index (χ1n) is 6.58. The van der Waals surface area contributed by atoms with Crippen LogP contribution in [0.2, 0.25) is 0 Å². The molecule has 0 fully saturated rings. The molecule has 0 aliphatic carbocycles. The Hall–Kier alpha value is -2.76. The van der Waals surface area contributed by atoms with E-state index >= 15 is 0 Å². The maximum absolute atomic E-state index is 14.3. The third kappa shape index (κ3) is 2.81. The summed E-state index contributed by atoms with van der Waals surface area (Å²) in [7, 11) is 3.16. The van der Waals surface area contributed by atoms with Crippen LogP contribution in [-0.2, 0) is 0 Å². The van der Waals surface area contributed by atoms with E-state index in [1.807, 2.05) is 0 Å². The molecule has 2 aromatic rings. The zero-order valence-electron chi connectivity index (χ0n) is 12.5. The van der Waals surface area contributed by atoms with Crippen LogP contribution in [0.25, 0.3) is 11.1 Å². The summed E-state index contributed by atoms with van der Waals surface area (Å²) >= 11 is 0. The Morgan fingerprint density at radius 2 is 1.86 bits per heavy atom. The molecular formula is C16H15FN2O3. The van der Waals surface area contributed by atoms with Crippen molar-refractivity contribution in [3.05, 3.63) is 63.5 Å². The van der Waals surface area contributed by atoms with E-state index < -0.39 is 10.7 Å². The van der Waals surface area contributed by atoms with Crippen molar-refractivity contribution in [1.29, 1.82) is 0 Å². The highest BCUT2D eigenvalue weighted by atomic mass is 19.1. The maximum Gasteiger partial charge on any atom is 0.272 e. The summed E-state index contributed by atoms with van der Waals surface area (Å²) in [6.45, 7) is 1.58. The first-order valence-corrected chi connectivity index (χ1v) is 6.58. The van der Waals surface area contributed by atoms with Gasteiger partial charge in [0, 0.05) is 36.9 Å². The summed E-state index contributed by atoms with van der Waals surface area (Å²) < 4.78 is 14.3. The predicted molar refractivity (Wildman–Crippen MR) is 81.2 cm³/mol. The van der Waals surface area contributed by atoms with Crippen LogP contribution in [0.3, 0.4) is 0 Å². The van der Waals surface area contributed by atoms with Gasteiger partial charge in [-0.2, -0.15) is 0 Å². The van der Waals surface area contributed by atoms with E-state index in [0.717, 1.165) is 6.07 Å². The molecular weight excluding hydrogens is 287 g/mol. The molecule has 6 heteroatoms. The van der Waals surface area contributed by atoms with E-state index in [0.29, 0.717) is 11.1 Å². The molecule has 114 valence electrons. The van der Waals surface area contributed by atoms with E-state index in [-0.39, 0.29) is 22.7 Å². The maximum atomic E-state index is 14.3. The van der Waals surface area contributed by atoms with E-state index in [9.17, 15) is 19.3 Å². The van der Waals surface area contributed by atoms with Crippen molar-refractivity contribution >= 4 is 11.6 Å². The molecule has 0 unspecified atom stereocenters. The minimum Gasteiger partial charge on any atom is -0.345 e. The van der Waals surface area contributed by atoms with Crippen LogP contribution in [0.1, 0.15) is 15.9 Å². The fraction of sp³-hybridized carbons (Fsp3) is 0.188. The first-order chi connectivity index (χ1) is 10.3. The molecule has 0 aromatic heterocycles. The Kier molecular flexibility index (Phi) is 4.21. The summed E-state index contributed by atoms with van der Waals surface area (Å²) in [6, 6.07) is 8.64. The van der Waals surface area contributed by atoms with Gasteiger partial charge in [0.05, 0.1) is 4.92 Å². The lowest BCUT2D eigenvalue weighted by atomic mass is 9.97. The van der Waals surface area contributed by atoms with Crippen molar-refractivity contribution in [3.8, 4) is 11.1 Å². The second-order valence-electron chi connectivity index (χ2n) is 5.10. The number of rotatable bonds is 3. The minimum absolute atomic E-state index is 0.0645. The Morgan fingerprint density at radius 1 is 1.18 bits per heavy atom. The number of hydrogen-bond acceptors (Lipinski definition) is 3. The molecule has 0 bridgehead atoms. The van der Waals surface area contributed by atoms with Crippen LogP contribution < -0.4 is 0 Å². The molecule has 0 aliphatic rings. The van der Waals surface area contributed by atoms with Crippen molar-refractivity contribution in [2.75, 3.05) is 14.1 Å². The van der Waals surface area contributed by atoms with Gasteiger partial charge in [0.2, 0.25) is 0 Å². The highest BCUT2D eigenvalue weighted by molar-refractivity contribution is 5.94. The van der Waals surface area contributed by atoms with Gasteiger partial charge in [-0.15, -0.1) is 0 Å². The molecule has 0 spiro atoms. The Bertz CT molecular complexity index is 757. The van der Waals surface area contributed by atoms with Gasteiger partial charge in [-0.25, -0.2) is 4.39 Å². The molecule has 0 atom stereocenters. The zero-order valence-corrected chi connectivity index (χ0v) is 12.5. The number of carbonyl (C=O) groups excluding carboxylic acids is 1. The number of nitrogens with zero attached hydrogens (tertiary/aromatic N) is 2. The summed E-state index contributed by atoms with van der Waals surface area (Å²) in [5, 5.41) is 11.0. The van der Waals surface area contributed by atoms with Gasteiger partial charge < -0.3 is 4.90 Å². The molecule has 1 amide bonds. The van der Waals surface area contributed by atoms with Crippen LogP contribution in [0.15, 0.2) is 36.4 Å². The number of nitro groups is 1. The SMILES string of the molecule is Cc1c(-c2ccc(C(=O)N(C)C)cc2F)cccc1[N+](=O)[O-]. The summed E-state index contributed by atoms with van der Waals surface area (Å²) in [4.78, 5) is 23.6. The van der Waals surface area contributed by atoms with Crippen molar-refractivity contribution < 1.29 is 14.1 Å². The van der Waals surface area contributed by atoms with Gasteiger partial charge >= 0.3 is 0 Å². The monoisotopic (exact) mass is 302 g/mol. The number of benzene rings is 2. The topological polar surface area (TPSA) is 63.5 Å². The number of hydrogen-bond donors (Lipinski definition) is 0. The van der Waals surface area contributed by atoms with E-state index in [2.05, 4.69) is 0 Å². The molecule has 0 aliphatic heterocycles. The lowest BCUT2D eigenvalue weighted by Gasteiger charge is -2.12. The molecule has 2 aromatic carbocycles. The van der Waals surface area contributed by atoms with E-state index in [1.54, 1.807) is 27.1 Å². The largest absolute Gasteiger partial charge is 0.345 e. The third-order valence-corrected chi connectivity index (χ3v) is 3.41. The highest BCUT2D eigenvalue weighted by Gasteiger charge is 2.18. The fourth-order valence-electron chi connectivity index (χ4n) is 2.24. The third-order valence-electron chi connectivity index (χ3n) is 3.41. The van der Waals surface area contributed by atoms with Crippen molar-refractivity contribution in [1.82, 2.24) is 4.90 Å². The van der Waals surface area contributed by atoms with Crippen LogP contribution >= 0.6 is 0 Å². The second kappa shape index (κ2) is 5.93. The van der Waals surface area contributed by atoms with Gasteiger partial charge in [-0.1, -0.05) is 18.2 Å². The Balaban J connectivity index is 2.53. The molecule has 0 N–H and O–H groups in total. The Labute approximate surface area is 127 Å². The summed E-state index contributed by atoms with van der Waals surface area (Å²) in [6.07, 6.45) is 0. The van der Waals surface area contributed by atoms with Crippen LogP contribution in [0.5, 0.6) is 0 Å².